The maximum absolute atomic E-state index is 11.2. The lowest BCUT2D eigenvalue weighted by Crippen LogP contribution is -2.08. The van der Waals surface area contributed by atoms with E-state index in [-0.39, 0.29) is 17.6 Å². The Kier molecular flexibility index (Phi) is 4.16. The number of carbonyl (C=O) groups excluding carboxylic acids is 1. The van der Waals surface area contributed by atoms with Crippen molar-refractivity contribution in [2.75, 3.05) is 6.61 Å². The highest BCUT2D eigenvalue weighted by Gasteiger charge is 2.11. The summed E-state index contributed by atoms with van der Waals surface area (Å²) in [6.07, 6.45) is 0.374. The van der Waals surface area contributed by atoms with E-state index in [0.717, 1.165) is 5.56 Å². The Morgan fingerprint density at radius 3 is 2.53 bits per heavy atom. The van der Waals surface area contributed by atoms with Crippen LogP contribution < -0.4 is 0 Å². The van der Waals surface area contributed by atoms with Gasteiger partial charge in [0.05, 0.1) is 13.0 Å². The van der Waals surface area contributed by atoms with Gasteiger partial charge in [0.2, 0.25) is 0 Å². The zero-order valence-electron chi connectivity index (χ0n) is 9.06. The van der Waals surface area contributed by atoms with Crippen molar-refractivity contribution < 1.29 is 14.6 Å². The third kappa shape index (κ3) is 3.62. The Balaban J connectivity index is 2.57. The Morgan fingerprint density at radius 1 is 1.40 bits per heavy atom. The first-order valence-electron chi connectivity index (χ1n) is 5.08. The number of aromatic hydroxyl groups is 1. The predicted molar refractivity (Wildman–Crippen MR) is 57.8 cm³/mol. The molecule has 0 unspecified atom stereocenters. The van der Waals surface area contributed by atoms with Crippen LogP contribution in [0.25, 0.3) is 0 Å². The highest BCUT2D eigenvalue weighted by molar-refractivity contribution is 5.70. The molecule has 0 radical (unpaired) electrons. The van der Waals surface area contributed by atoms with E-state index < -0.39 is 0 Å². The molecule has 3 heteroatoms. The number of ether oxygens (including phenoxy) is 1. The summed E-state index contributed by atoms with van der Waals surface area (Å²) in [7, 11) is 0. The smallest absolute Gasteiger partial charge is 0.306 e. The first-order chi connectivity index (χ1) is 7.13. The van der Waals surface area contributed by atoms with Crippen LogP contribution in [0.4, 0.5) is 0 Å². The topological polar surface area (TPSA) is 46.5 Å². The van der Waals surface area contributed by atoms with Crippen LogP contribution in [0, 0.1) is 0 Å². The summed E-state index contributed by atoms with van der Waals surface area (Å²) in [5.74, 6) is 0.171. The Labute approximate surface area is 89.7 Å². The molecule has 0 spiro atoms. The van der Waals surface area contributed by atoms with E-state index in [4.69, 9.17) is 9.84 Å². The van der Waals surface area contributed by atoms with E-state index >= 15 is 0 Å². The zero-order valence-corrected chi connectivity index (χ0v) is 9.06. The van der Waals surface area contributed by atoms with Gasteiger partial charge in [0.15, 0.2) is 0 Å². The van der Waals surface area contributed by atoms with Gasteiger partial charge in [-0.3, -0.25) is 4.79 Å². The third-order valence-corrected chi connectivity index (χ3v) is 2.24. The van der Waals surface area contributed by atoms with Gasteiger partial charge < -0.3 is 9.84 Å². The highest BCUT2D eigenvalue weighted by atomic mass is 16.5. The van der Waals surface area contributed by atoms with Gasteiger partial charge in [-0.15, -0.1) is 0 Å². The van der Waals surface area contributed by atoms with E-state index in [1.807, 2.05) is 19.1 Å². The lowest BCUT2D eigenvalue weighted by molar-refractivity contribution is -0.143. The van der Waals surface area contributed by atoms with Crippen LogP contribution in [-0.4, -0.2) is 17.7 Å². The SMILES string of the molecule is CCOC(=O)C[C@@H](C)c1ccc(O)cc1. The Hall–Kier alpha value is -1.51. The van der Waals surface area contributed by atoms with Crippen LogP contribution in [0.15, 0.2) is 24.3 Å². The van der Waals surface area contributed by atoms with Crippen molar-refractivity contribution in [2.45, 2.75) is 26.2 Å². The molecule has 0 amide bonds. The molecule has 1 N–H and O–H groups in total. The molecule has 0 bridgehead atoms. The number of phenolic OH excluding ortho intramolecular Hbond substituents is 1. The van der Waals surface area contributed by atoms with Crippen LogP contribution >= 0.6 is 0 Å². The minimum Gasteiger partial charge on any atom is -0.508 e. The van der Waals surface area contributed by atoms with Gasteiger partial charge in [-0.1, -0.05) is 19.1 Å². The largest absolute Gasteiger partial charge is 0.508 e. The van der Waals surface area contributed by atoms with Crippen molar-refractivity contribution in [3.05, 3.63) is 29.8 Å². The minimum atomic E-state index is -0.182. The molecule has 0 aliphatic heterocycles. The molecule has 15 heavy (non-hydrogen) atoms. The van der Waals surface area contributed by atoms with Crippen LogP contribution in [0.1, 0.15) is 31.7 Å². The lowest BCUT2D eigenvalue weighted by Gasteiger charge is -2.10. The molecule has 0 aromatic heterocycles. The quantitative estimate of drug-likeness (QED) is 0.773. The number of benzene rings is 1. The molecule has 1 aromatic carbocycles. The van der Waals surface area contributed by atoms with E-state index in [2.05, 4.69) is 0 Å². The molecule has 0 aliphatic carbocycles. The highest BCUT2D eigenvalue weighted by Crippen LogP contribution is 2.21. The fourth-order valence-corrected chi connectivity index (χ4v) is 1.39. The molecule has 1 atom stereocenters. The van der Waals surface area contributed by atoms with Gasteiger partial charge in [-0.25, -0.2) is 0 Å². The molecule has 1 aromatic rings. The van der Waals surface area contributed by atoms with Gasteiger partial charge in [0, 0.05) is 0 Å². The fraction of sp³-hybridized carbons (Fsp3) is 0.417. The summed E-state index contributed by atoms with van der Waals surface area (Å²) in [5.41, 5.74) is 1.03. The summed E-state index contributed by atoms with van der Waals surface area (Å²) in [6, 6.07) is 6.88. The van der Waals surface area contributed by atoms with E-state index in [1.54, 1.807) is 19.1 Å². The molecule has 3 nitrogen and oxygen atoms in total. The molecule has 0 saturated carbocycles. The van der Waals surface area contributed by atoms with Crippen molar-refractivity contribution in [3.63, 3.8) is 0 Å². The average Bonchev–Trinajstić information content (AvgIpc) is 2.18. The first-order valence-corrected chi connectivity index (χ1v) is 5.08. The lowest BCUT2D eigenvalue weighted by atomic mass is 9.98. The number of phenols is 1. The monoisotopic (exact) mass is 208 g/mol. The van der Waals surface area contributed by atoms with Crippen LogP contribution in [0.2, 0.25) is 0 Å². The van der Waals surface area contributed by atoms with Crippen LogP contribution in [0.5, 0.6) is 5.75 Å². The summed E-state index contributed by atoms with van der Waals surface area (Å²) in [4.78, 5) is 11.2. The van der Waals surface area contributed by atoms with Crippen molar-refractivity contribution >= 4 is 5.97 Å². The van der Waals surface area contributed by atoms with Gasteiger partial charge in [0.1, 0.15) is 5.75 Å². The van der Waals surface area contributed by atoms with Crippen LogP contribution in [0.3, 0.4) is 0 Å². The third-order valence-electron chi connectivity index (χ3n) is 2.24. The molecule has 0 saturated heterocycles. The molecule has 1 rings (SSSR count). The number of hydrogen-bond acceptors (Lipinski definition) is 3. The van der Waals surface area contributed by atoms with Gasteiger partial charge in [-0.2, -0.15) is 0 Å². The number of rotatable bonds is 4. The fourth-order valence-electron chi connectivity index (χ4n) is 1.39. The van der Waals surface area contributed by atoms with Gasteiger partial charge in [0.25, 0.3) is 0 Å². The molecule has 0 fully saturated rings. The normalized spacial score (nSPS) is 12.1. The minimum absolute atomic E-state index is 0.115. The Morgan fingerprint density at radius 2 is 2.00 bits per heavy atom. The van der Waals surface area contributed by atoms with Crippen molar-refractivity contribution in [3.8, 4) is 5.75 Å². The molecule has 82 valence electrons. The van der Waals surface area contributed by atoms with Gasteiger partial charge in [-0.05, 0) is 30.5 Å². The van der Waals surface area contributed by atoms with E-state index in [9.17, 15) is 4.79 Å². The van der Waals surface area contributed by atoms with E-state index in [1.165, 1.54) is 0 Å². The standard InChI is InChI=1S/C12H16O3/c1-3-15-12(14)8-9(2)10-4-6-11(13)7-5-10/h4-7,9,13H,3,8H2,1-2H3/t9-/m1/s1. The average molecular weight is 208 g/mol. The second-order valence-electron chi connectivity index (χ2n) is 3.50. The summed E-state index contributed by atoms with van der Waals surface area (Å²) >= 11 is 0. The van der Waals surface area contributed by atoms with E-state index in [0.29, 0.717) is 13.0 Å². The Bertz CT molecular complexity index is 316. The summed E-state index contributed by atoms with van der Waals surface area (Å²) < 4.78 is 4.87. The zero-order chi connectivity index (χ0) is 11.3. The summed E-state index contributed by atoms with van der Waals surface area (Å²) in [5, 5.41) is 9.11. The molecule has 0 aliphatic rings. The number of hydrogen-bond donors (Lipinski definition) is 1. The van der Waals surface area contributed by atoms with Crippen molar-refractivity contribution in [1.29, 1.82) is 0 Å². The van der Waals surface area contributed by atoms with Gasteiger partial charge >= 0.3 is 5.97 Å². The number of esters is 1. The first kappa shape index (κ1) is 11.6. The predicted octanol–water partition coefficient (Wildman–Crippen LogP) is 2.45. The maximum Gasteiger partial charge on any atom is 0.306 e. The second kappa shape index (κ2) is 5.39. The van der Waals surface area contributed by atoms with Crippen molar-refractivity contribution in [1.82, 2.24) is 0 Å². The number of carbonyl (C=O) groups is 1. The second-order valence-corrected chi connectivity index (χ2v) is 3.50. The van der Waals surface area contributed by atoms with Crippen molar-refractivity contribution in [2.24, 2.45) is 0 Å². The molecular weight excluding hydrogens is 192 g/mol. The van der Waals surface area contributed by atoms with Crippen LogP contribution in [-0.2, 0) is 9.53 Å². The molecular formula is C12H16O3. The maximum atomic E-state index is 11.2. The summed E-state index contributed by atoms with van der Waals surface area (Å²) in [6.45, 7) is 4.17. The molecule has 0 heterocycles.